The molecule has 0 unspecified atom stereocenters. The number of rotatable bonds is 14. The molecule has 11 heteroatoms. The standard InChI is InChI=1S/C34H34ClF2N3O4S/c1-2-3-20-38-34(42)32(21-25-10-6-4-7-11-25)39(23-26-14-16-27(36)17-15-26)33(41)24-40(28-18-19-31(37)30(35)22-28)45(43,44)29-12-8-5-9-13-29/h4-19,22,32H,2-3,20-21,23-24H2,1H3,(H,38,42)/t32-/m0/s1. The number of hydrogen-bond acceptors (Lipinski definition) is 4. The second kappa shape index (κ2) is 15.6. The monoisotopic (exact) mass is 653 g/mol. The van der Waals surface area contributed by atoms with E-state index in [4.69, 9.17) is 11.6 Å². The fourth-order valence-corrected chi connectivity index (χ4v) is 6.34. The molecule has 4 aromatic carbocycles. The number of nitrogens with zero attached hydrogens (tertiary/aromatic N) is 2. The molecule has 0 saturated heterocycles. The maximum absolute atomic E-state index is 14.4. The molecule has 0 bridgehead atoms. The van der Waals surface area contributed by atoms with Gasteiger partial charge < -0.3 is 10.2 Å². The maximum atomic E-state index is 14.4. The van der Waals surface area contributed by atoms with E-state index >= 15 is 0 Å². The third-order valence-corrected chi connectivity index (χ3v) is 9.25. The highest BCUT2D eigenvalue weighted by atomic mass is 35.5. The molecule has 45 heavy (non-hydrogen) atoms. The number of sulfonamides is 1. The van der Waals surface area contributed by atoms with E-state index < -0.39 is 46.1 Å². The molecule has 2 amide bonds. The van der Waals surface area contributed by atoms with Crippen LogP contribution in [0.2, 0.25) is 5.02 Å². The number of nitrogens with one attached hydrogen (secondary N) is 1. The molecule has 236 valence electrons. The third-order valence-electron chi connectivity index (χ3n) is 7.17. The summed E-state index contributed by atoms with van der Waals surface area (Å²) < 4.78 is 56.7. The van der Waals surface area contributed by atoms with Gasteiger partial charge in [-0.15, -0.1) is 0 Å². The SMILES string of the molecule is CCCCNC(=O)[C@H](Cc1ccccc1)N(Cc1ccc(F)cc1)C(=O)CN(c1ccc(F)c(Cl)c1)S(=O)(=O)c1ccccc1. The van der Waals surface area contributed by atoms with Crippen molar-refractivity contribution in [1.82, 2.24) is 10.2 Å². The van der Waals surface area contributed by atoms with Crippen molar-refractivity contribution in [3.05, 3.63) is 131 Å². The van der Waals surface area contributed by atoms with Crippen LogP contribution in [-0.4, -0.2) is 44.3 Å². The van der Waals surface area contributed by atoms with E-state index in [1.165, 1.54) is 47.4 Å². The Morgan fingerprint density at radius 2 is 1.51 bits per heavy atom. The average Bonchev–Trinajstić information content (AvgIpc) is 3.04. The van der Waals surface area contributed by atoms with E-state index in [2.05, 4.69) is 5.32 Å². The number of carbonyl (C=O) groups excluding carboxylic acids is 2. The van der Waals surface area contributed by atoms with Gasteiger partial charge in [0.25, 0.3) is 10.0 Å². The summed E-state index contributed by atoms with van der Waals surface area (Å²) >= 11 is 6.04. The van der Waals surface area contributed by atoms with Crippen LogP contribution in [0.4, 0.5) is 14.5 Å². The van der Waals surface area contributed by atoms with Gasteiger partial charge in [-0.2, -0.15) is 0 Å². The molecule has 7 nitrogen and oxygen atoms in total. The zero-order valence-corrected chi connectivity index (χ0v) is 26.3. The molecule has 0 aromatic heterocycles. The van der Waals surface area contributed by atoms with Crippen molar-refractivity contribution in [2.75, 3.05) is 17.4 Å². The molecule has 4 aromatic rings. The lowest BCUT2D eigenvalue weighted by atomic mass is 10.0. The number of unbranched alkanes of at least 4 members (excludes halogenated alkanes) is 1. The lowest BCUT2D eigenvalue weighted by molar-refractivity contribution is -0.140. The Labute approximate surface area is 267 Å². The van der Waals surface area contributed by atoms with Crippen LogP contribution in [0.15, 0.2) is 108 Å². The van der Waals surface area contributed by atoms with E-state index in [1.54, 1.807) is 18.2 Å². The molecule has 0 saturated carbocycles. The normalized spacial score (nSPS) is 11.9. The Bertz CT molecular complexity index is 1690. The second-order valence-corrected chi connectivity index (χ2v) is 12.7. The molecule has 1 atom stereocenters. The molecule has 4 rings (SSSR count). The van der Waals surface area contributed by atoms with Gasteiger partial charge in [0.15, 0.2) is 0 Å². The van der Waals surface area contributed by atoms with Crippen molar-refractivity contribution in [2.24, 2.45) is 0 Å². The van der Waals surface area contributed by atoms with E-state index in [9.17, 15) is 26.8 Å². The first kappa shape index (κ1) is 33.6. The predicted molar refractivity (Wildman–Crippen MR) is 171 cm³/mol. The lowest BCUT2D eigenvalue weighted by Gasteiger charge is -2.34. The summed E-state index contributed by atoms with van der Waals surface area (Å²) in [5, 5.41) is 2.58. The van der Waals surface area contributed by atoms with Gasteiger partial charge in [-0.3, -0.25) is 13.9 Å². The van der Waals surface area contributed by atoms with E-state index in [-0.39, 0.29) is 28.6 Å². The van der Waals surface area contributed by atoms with Gasteiger partial charge in [0, 0.05) is 19.5 Å². The zero-order chi connectivity index (χ0) is 32.4. The van der Waals surface area contributed by atoms with E-state index in [0.717, 1.165) is 34.8 Å². The Hall–Kier alpha value is -4.28. The summed E-state index contributed by atoms with van der Waals surface area (Å²) in [6.07, 6.45) is 1.71. The van der Waals surface area contributed by atoms with Crippen molar-refractivity contribution in [2.45, 2.75) is 43.7 Å². The molecule has 0 radical (unpaired) electrons. The quantitative estimate of drug-likeness (QED) is 0.160. The van der Waals surface area contributed by atoms with Crippen molar-refractivity contribution in [3.63, 3.8) is 0 Å². The smallest absolute Gasteiger partial charge is 0.264 e. The minimum Gasteiger partial charge on any atom is -0.354 e. The molecule has 0 aliphatic carbocycles. The molecule has 1 N–H and O–H groups in total. The molecule has 0 heterocycles. The maximum Gasteiger partial charge on any atom is 0.264 e. The van der Waals surface area contributed by atoms with E-state index in [0.29, 0.717) is 12.1 Å². The van der Waals surface area contributed by atoms with Gasteiger partial charge in [-0.1, -0.05) is 85.6 Å². The molecule has 0 aliphatic heterocycles. The highest BCUT2D eigenvalue weighted by Crippen LogP contribution is 2.28. The summed E-state index contributed by atoms with van der Waals surface area (Å²) in [6.45, 7) is 1.54. The zero-order valence-electron chi connectivity index (χ0n) is 24.7. The van der Waals surface area contributed by atoms with Gasteiger partial charge in [0.05, 0.1) is 15.6 Å². The third kappa shape index (κ3) is 8.89. The minimum atomic E-state index is -4.36. The molecule has 0 aliphatic rings. The number of halogens is 3. The van der Waals surface area contributed by atoms with Crippen LogP contribution in [0.1, 0.15) is 30.9 Å². The summed E-state index contributed by atoms with van der Waals surface area (Å²) in [4.78, 5) is 29.3. The van der Waals surface area contributed by atoms with Gasteiger partial charge in [-0.25, -0.2) is 17.2 Å². The largest absolute Gasteiger partial charge is 0.354 e. The van der Waals surface area contributed by atoms with Crippen LogP contribution >= 0.6 is 11.6 Å². The molecule has 0 spiro atoms. The summed E-state index contributed by atoms with van der Waals surface area (Å²) in [6, 6.07) is 24.5. The Balaban J connectivity index is 1.79. The Kier molecular flexibility index (Phi) is 11.7. The number of anilines is 1. The molecule has 0 fully saturated rings. The number of benzene rings is 4. The minimum absolute atomic E-state index is 0.0349. The predicted octanol–water partition coefficient (Wildman–Crippen LogP) is 6.37. The highest BCUT2D eigenvalue weighted by Gasteiger charge is 2.34. The average molecular weight is 654 g/mol. The first-order chi connectivity index (χ1) is 21.6. The Morgan fingerprint density at radius 1 is 0.867 bits per heavy atom. The van der Waals surface area contributed by atoms with Gasteiger partial charge in [0.2, 0.25) is 11.8 Å². The first-order valence-electron chi connectivity index (χ1n) is 14.5. The van der Waals surface area contributed by atoms with Crippen molar-refractivity contribution < 1.29 is 26.8 Å². The van der Waals surface area contributed by atoms with Crippen LogP contribution in [0.3, 0.4) is 0 Å². The van der Waals surface area contributed by atoms with Crippen LogP contribution in [0, 0.1) is 11.6 Å². The Morgan fingerprint density at radius 3 is 2.13 bits per heavy atom. The van der Waals surface area contributed by atoms with Crippen molar-refractivity contribution in [1.29, 1.82) is 0 Å². The fraction of sp³-hybridized carbons (Fsp3) is 0.235. The highest BCUT2D eigenvalue weighted by molar-refractivity contribution is 7.92. The summed E-state index contributed by atoms with van der Waals surface area (Å²) in [7, 11) is -4.36. The number of amides is 2. The summed E-state index contributed by atoms with van der Waals surface area (Å²) in [5.41, 5.74) is 1.28. The van der Waals surface area contributed by atoms with Gasteiger partial charge in [-0.05, 0) is 60.0 Å². The lowest BCUT2D eigenvalue weighted by Crippen LogP contribution is -2.53. The van der Waals surface area contributed by atoms with Crippen molar-refractivity contribution >= 4 is 39.1 Å². The second-order valence-electron chi connectivity index (χ2n) is 10.4. The number of hydrogen-bond donors (Lipinski definition) is 1. The molecular formula is C34H34ClF2N3O4S. The van der Waals surface area contributed by atoms with Crippen LogP contribution in [-0.2, 0) is 32.6 Å². The fourth-order valence-electron chi connectivity index (χ4n) is 4.74. The first-order valence-corrected chi connectivity index (χ1v) is 16.3. The van der Waals surface area contributed by atoms with Crippen LogP contribution < -0.4 is 9.62 Å². The molecular weight excluding hydrogens is 620 g/mol. The van der Waals surface area contributed by atoms with Crippen LogP contribution in [0.25, 0.3) is 0 Å². The topological polar surface area (TPSA) is 86.8 Å². The van der Waals surface area contributed by atoms with Crippen molar-refractivity contribution in [3.8, 4) is 0 Å². The number of carbonyl (C=O) groups is 2. The van der Waals surface area contributed by atoms with E-state index in [1.807, 2.05) is 37.3 Å². The van der Waals surface area contributed by atoms with Gasteiger partial charge in [0.1, 0.15) is 24.2 Å². The van der Waals surface area contributed by atoms with Gasteiger partial charge >= 0.3 is 0 Å². The summed E-state index contributed by atoms with van der Waals surface area (Å²) in [5.74, 6) is -2.34. The van der Waals surface area contributed by atoms with Crippen LogP contribution in [0.5, 0.6) is 0 Å².